The van der Waals surface area contributed by atoms with E-state index in [1.165, 1.54) is 40.7 Å². The van der Waals surface area contributed by atoms with Crippen LogP contribution in [0.1, 0.15) is 67.9 Å². The van der Waals surface area contributed by atoms with Crippen LogP contribution in [0.25, 0.3) is 16.6 Å². The van der Waals surface area contributed by atoms with Gasteiger partial charge in [-0.1, -0.05) is 56.5 Å². The molecule has 15 heteroatoms. The number of nitro benzene ring substituents is 1. The summed E-state index contributed by atoms with van der Waals surface area (Å²) >= 11 is 7.64. The standard InChI is InChI=1S/C44H47ClN6O6S2/c1-4-28-19-37-39(51(53)54)22-35(23-41(37)58-27-28)59(55,56)48-43(52)36-10-9-33(21-40(36)57-34-20-30-12-14-46-42(30)47-25-34)50-17-15-49(16-18-50)26-31-11-13-44(2,3)24-38(31)29-5-7-32(45)8-6-29/h5-10,12,14,20-23,25,28H,4,11,13,15-19,24,26-27H2,1-3H3,(H,46,47)(H,48,52)/t28-/m0/s1. The summed E-state index contributed by atoms with van der Waals surface area (Å²) in [6.07, 6.45) is 7.87. The maximum Gasteiger partial charge on any atom is 0.275 e. The first-order valence-electron chi connectivity index (χ1n) is 20.0. The number of sulfonamides is 1. The van der Waals surface area contributed by atoms with Crippen molar-refractivity contribution in [3.63, 3.8) is 0 Å². The average molecular weight is 855 g/mol. The van der Waals surface area contributed by atoms with Crippen molar-refractivity contribution in [2.45, 2.75) is 62.7 Å². The van der Waals surface area contributed by atoms with Gasteiger partial charge in [-0.2, -0.15) is 0 Å². The van der Waals surface area contributed by atoms with Crippen molar-refractivity contribution < 1.29 is 22.9 Å². The minimum absolute atomic E-state index is 0.0142. The fourth-order valence-corrected chi connectivity index (χ4v) is 10.8. The second-order valence-electron chi connectivity index (χ2n) is 16.5. The summed E-state index contributed by atoms with van der Waals surface area (Å²) in [7, 11) is -4.52. The zero-order valence-corrected chi connectivity index (χ0v) is 35.7. The summed E-state index contributed by atoms with van der Waals surface area (Å²) in [5.74, 6) is 0.571. The highest BCUT2D eigenvalue weighted by Crippen LogP contribution is 2.44. The van der Waals surface area contributed by atoms with Crippen LogP contribution in [0.5, 0.6) is 11.5 Å². The lowest BCUT2D eigenvalue weighted by Gasteiger charge is -2.39. The molecular weight excluding hydrogens is 808 g/mol. The van der Waals surface area contributed by atoms with Gasteiger partial charge in [0.2, 0.25) is 0 Å². The number of allylic oxidation sites excluding steroid dienone is 1. The van der Waals surface area contributed by atoms with Crippen molar-refractivity contribution in [2.75, 3.05) is 43.4 Å². The molecule has 0 bridgehead atoms. The van der Waals surface area contributed by atoms with E-state index in [9.17, 15) is 23.3 Å². The molecule has 4 heterocycles. The number of ether oxygens (including phenoxy) is 1. The number of H-pyrrole nitrogens is 1. The summed E-state index contributed by atoms with van der Waals surface area (Å²) in [6, 6.07) is 19.4. The van der Waals surface area contributed by atoms with Crippen LogP contribution in [0.3, 0.4) is 0 Å². The maximum absolute atomic E-state index is 13.9. The third kappa shape index (κ3) is 9.01. The predicted octanol–water partition coefficient (Wildman–Crippen LogP) is 9.50. The summed E-state index contributed by atoms with van der Waals surface area (Å²) < 4.78 is 36.1. The van der Waals surface area contributed by atoms with E-state index in [1.54, 1.807) is 30.5 Å². The van der Waals surface area contributed by atoms with E-state index >= 15 is 0 Å². The monoisotopic (exact) mass is 854 g/mol. The zero-order valence-electron chi connectivity index (χ0n) is 33.3. The van der Waals surface area contributed by atoms with Crippen LogP contribution in [0.4, 0.5) is 11.4 Å². The van der Waals surface area contributed by atoms with E-state index in [1.807, 2.05) is 25.1 Å². The highest BCUT2D eigenvalue weighted by molar-refractivity contribution is 7.99. The van der Waals surface area contributed by atoms with E-state index in [-0.39, 0.29) is 33.2 Å². The van der Waals surface area contributed by atoms with Crippen LogP contribution < -0.4 is 14.4 Å². The summed E-state index contributed by atoms with van der Waals surface area (Å²) in [4.78, 5) is 37.9. The predicted molar refractivity (Wildman–Crippen MR) is 233 cm³/mol. The van der Waals surface area contributed by atoms with E-state index in [4.69, 9.17) is 16.3 Å². The highest BCUT2D eigenvalue weighted by Gasteiger charge is 2.32. The molecule has 1 amide bonds. The van der Waals surface area contributed by atoms with Crippen molar-refractivity contribution >= 4 is 67.3 Å². The number of carbonyl (C=O) groups excluding carboxylic acids is 1. The number of piperazine rings is 1. The van der Waals surface area contributed by atoms with Gasteiger partial charge in [0.25, 0.3) is 21.6 Å². The van der Waals surface area contributed by atoms with Crippen LogP contribution in [0, 0.1) is 21.4 Å². The molecular formula is C44H47ClN6O6S2. The normalized spacial score (nSPS) is 18.4. The van der Waals surface area contributed by atoms with E-state index in [0.717, 1.165) is 86.3 Å². The number of nitrogens with one attached hydrogen (secondary N) is 2. The van der Waals surface area contributed by atoms with Gasteiger partial charge < -0.3 is 14.6 Å². The van der Waals surface area contributed by atoms with Gasteiger partial charge in [0, 0.05) is 83.4 Å². The average Bonchev–Trinajstić information content (AvgIpc) is 3.69. The number of halogens is 1. The number of amides is 1. The molecule has 2 aromatic heterocycles. The Bertz CT molecular complexity index is 2570. The number of aromatic nitrogens is 2. The topological polar surface area (TPSA) is 151 Å². The van der Waals surface area contributed by atoms with Crippen LogP contribution in [0.15, 0.2) is 94.5 Å². The number of aromatic amines is 1. The van der Waals surface area contributed by atoms with Gasteiger partial charge in [-0.05, 0) is 90.6 Å². The number of nitro groups is 1. The van der Waals surface area contributed by atoms with Crippen molar-refractivity contribution in [3.8, 4) is 11.5 Å². The lowest BCUT2D eigenvalue weighted by atomic mass is 9.72. The lowest BCUT2D eigenvalue weighted by molar-refractivity contribution is -0.386. The third-order valence-electron chi connectivity index (χ3n) is 11.8. The zero-order chi connectivity index (χ0) is 41.5. The second kappa shape index (κ2) is 16.6. The van der Waals surface area contributed by atoms with Crippen LogP contribution in [0.2, 0.25) is 5.02 Å². The minimum atomic E-state index is -4.52. The molecule has 1 fully saturated rings. The smallest absolute Gasteiger partial charge is 0.275 e. The Morgan fingerprint density at radius 2 is 1.86 bits per heavy atom. The Morgan fingerprint density at radius 1 is 1.08 bits per heavy atom. The van der Waals surface area contributed by atoms with Gasteiger partial charge in [-0.25, -0.2) is 18.1 Å². The van der Waals surface area contributed by atoms with Gasteiger partial charge in [0.15, 0.2) is 0 Å². The van der Waals surface area contributed by atoms with Crippen molar-refractivity contribution in [1.82, 2.24) is 19.6 Å². The Hall–Kier alpha value is -4.89. The van der Waals surface area contributed by atoms with Crippen LogP contribution in [-0.2, 0) is 16.4 Å². The molecule has 2 aliphatic heterocycles. The Morgan fingerprint density at radius 3 is 2.61 bits per heavy atom. The molecule has 1 aliphatic carbocycles. The minimum Gasteiger partial charge on any atom is -0.455 e. The van der Waals surface area contributed by atoms with E-state index in [2.05, 4.69) is 50.5 Å². The van der Waals surface area contributed by atoms with E-state index in [0.29, 0.717) is 28.3 Å². The number of fused-ring (bicyclic) bond motifs is 2. The van der Waals surface area contributed by atoms with Gasteiger partial charge in [0.05, 0.1) is 21.6 Å². The number of thioether (sulfide) groups is 1. The molecule has 0 radical (unpaired) electrons. The fraction of sp³-hybridized carbons (Fsp3) is 0.364. The van der Waals surface area contributed by atoms with Gasteiger partial charge in [-0.15, -0.1) is 11.8 Å². The number of rotatable bonds is 11. The SMILES string of the molecule is CC[C@@H]1CSc2cc(S(=O)(=O)NC(=O)c3ccc(N4CCN(CC5=C(c6ccc(Cl)cc6)CC(C)(C)CC5)CC4)cc3Oc3cnc4[nH]ccc4c3)cc([N+](=O)[O-])c2C1. The molecule has 2 N–H and O–H groups in total. The highest BCUT2D eigenvalue weighted by atomic mass is 35.5. The molecule has 308 valence electrons. The number of anilines is 1. The molecule has 12 nitrogen and oxygen atoms in total. The Balaban J connectivity index is 1.04. The number of pyridine rings is 1. The molecule has 3 aromatic carbocycles. The molecule has 0 unspecified atom stereocenters. The summed E-state index contributed by atoms with van der Waals surface area (Å²) in [5, 5.41) is 13.7. The van der Waals surface area contributed by atoms with E-state index < -0.39 is 20.9 Å². The lowest BCUT2D eigenvalue weighted by Crippen LogP contribution is -2.47. The van der Waals surface area contributed by atoms with Crippen molar-refractivity contribution in [3.05, 3.63) is 117 Å². The van der Waals surface area contributed by atoms with Crippen LogP contribution >= 0.6 is 23.4 Å². The molecule has 5 aromatic rings. The number of hydrogen-bond acceptors (Lipinski definition) is 10. The largest absolute Gasteiger partial charge is 0.455 e. The summed E-state index contributed by atoms with van der Waals surface area (Å²) in [5.41, 5.74) is 6.10. The first-order valence-corrected chi connectivity index (χ1v) is 22.8. The molecule has 59 heavy (non-hydrogen) atoms. The first-order chi connectivity index (χ1) is 28.2. The van der Waals surface area contributed by atoms with Crippen molar-refractivity contribution in [2.24, 2.45) is 11.3 Å². The molecule has 1 saturated heterocycles. The summed E-state index contributed by atoms with van der Waals surface area (Å²) in [6.45, 7) is 10.7. The first kappa shape index (κ1) is 40.9. The molecule has 1 atom stereocenters. The second-order valence-corrected chi connectivity index (χ2v) is 19.6. The molecule has 0 saturated carbocycles. The third-order valence-corrected chi connectivity index (χ3v) is 14.7. The molecule has 8 rings (SSSR count). The number of carbonyl (C=O) groups is 1. The van der Waals surface area contributed by atoms with Gasteiger partial charge in [-0.3, -0.25) is 19.8 Å². The van der Waals surface area contributed by atoms with Gasteiger partial charge >= 0.3 is 0 Å². The van der Waals surface area contributed by atoms with Gasteiger partial charge in [0.1, 0.15) is 17.1 Å². The number of hydrogen-bond donors (Lipinski definition) is 2. The Labute approximate surface area is 353 Å². The number of benzene rings is 3. The Kier molecular flexibility index (Phi) is 11.5. The number of nitrogens with zero attached hydrogens (tertiary/aromatic N) is 4. The molecule has 3 aliphatic rings. The maximum atomic E-state index is 13.9. The van der Waals surface area contributed by atoms with Crippen molar-refractivity contribution in [1.29, 1.82) is 0 Å². The quantitative estimate of drug-likeness (QED) is 0.0972. The van der Waals surface area contributed by atoms with Crippen LogP contribution in [-0.4, -0.2) is 72.6 Å². The fourth-order valence-electron chi connectivity index (χ4n) is 8.29. The molecule has 0 spiro atoms.